The van der Waals surface area contributed by atoms with E-state index in [9.17, 15) is 0 Å². The van der Waals surface area contributed by atoms with Crippen LogP contribution in [-0.2, 0) is 6.42 Å². The standard InChI is InChI=1S/C19H21N3.2ClH/c1-12-9-19(21)22-18-11-16(7-8-17(12)18)15-5-3-14(4-6-15)10-13(2)20;;/h3-9,11,13H,10,20H2,1-2H3,(H2,21,22);2*1H. The zero-order valence-electron chi connectivity index (χ0n) is 13.8. The fraction of sp³-hybridized carbons (Fsp3) is 0.211. The molecule has 1 atom stereocenters. The van der Waals surface area contributed by atoms with E-state index < -0.39 is 0 Å². The van der Waals surface area contributed by atoms with Gasteiger partial charge in [-0.2, -0.15) is 0 Å². The van der Waals surface area contributed by atoms with Crippen LogP contribution < -0.4 is 11.5 Å². The minimum Gasteiger partial charge on any atom is -0.384 e. The van der Waals surface area contributed by atoms with Gasteiger partial charge in [0.1, 0.15) is 5.82 Å². The highest BCUT2D eigenvalue weighted by atomic mass is 35.5. The quantitative estimate of drug-likeness (QED) is 0.718. The summed E-state index contributed by atoms with van der Waals surface area (Å²) < 4.78 is 0. The summed E-state index contributed by atoms with van der Waals surface area (Å²) in [7, 11) is 0. The number of halogens is 2. The van der Waals surface area contributed by atoms with Crippen LogP contribution in [0.15, 0.2) is 48.5 Å². The highest BCUT2D eigenvalue weighted by molar-refractivity contribution is 5.88. The normalized spacial score (nSPS) is 11.5. The van der Waals surface area contributed by atoms with Crippen molar-refractivity contribution in [1.29, 1.82) is 0 Å². The Labute approximate surface area is 155 Å². The Morgan fingerprint density at radius 3 is 2.21 bits per heavy atom. The molecular formula is C19H23Cl2N3. The summed E-state index contributed by atoms with van der Waals surface area (Å²) in [6.07, 6.45) is 0.898. The molecule has 0 aliphatic heterocycles. The summed E-state index contributed by atoms with van der Waals surface area (Å²) in [5.41, 5.74) is 17.4. The number of rotatable bonds is 3. The topological polar surface area (TPSA) is 64.9 Å². The molecule has 24 heavy (non-hydrogen) atoms. The first-order valence-electron chi connectivity index (χ1n) is 7.55. The molecule has 0 aliphatic rings. The minimum atomic E-state index is 0. The SMILES string of the molecule is Cc1cc(N)nc2cc(-c3ccc(CC(C)N)cc3)ccc12.Cl.Cl. The lowest BCUT2D eigenvalue weighted by molar-refractivity contribution is 0.738. The van der Waals surface area contributed by atoms with Crippen LogP contribution in [0, 0.1) is 6.92 Å². The largest absolute Gasteiger partial charge is 0.384 e. The smallest absolute Gasteiger partial charge is 0.124 e. The van der Waals surface area contributed by atoms with Crippen LogP contribution in [-0.4, -0.2) is 11.0 Å². The minimum absolute atomic E-state index is 0. The van der Waals surface area contributed by atoms with Gasteiger partial charge in [0.15, 0.2) is 0 Å². The lowest BCUT2D eigenvalue weighted by Crippen LogP contribution is -2.17. The van der Waals surface area contributed by atoms with Crippen molar-refractivity contribution in [3.05, 3.63) is 59.7 Å². The number of pyridine rings is 1. The van der Waals surface area contributed by atoms with Crippen molar-refractivity contribution in [3.63, 3.8) is 0 Å². The van der Waals surface area contributed by atoms with Gasteiger partial charge in [0, 0.05) is 11.4 Å². The molecule has 0 aliphatic carbocycles. The Bertz CT molecular complexity index is 815. The van der Waals surface area contributed by atoms with Gasteiger partial charge in [0.05, 0.1) is 5.52 Å². The molecule has 3 rings (SSSR count). The Morgan fingerprint density at radius 2 is 1.58 bits per heavy atom. The first-order valence-corrected chi connectivity index (χ1v) is 7.55. The predicted octanol–water partition coefficient (Wildman–Crippen LogP) is 4.53. The Hall–Kier alpha value is -1.81. The van der Waals surface area contributed by atoms with E-state index in [4.69, 9.17) is 11.5 Å². The fourth-order valence-electron chi connectivity index (χ4n) is 2.81. The van der Waals surface area contributed by atoms with E-state index in [0.717, 1.165) is 28.5 Å². The van der Waals surface area contributed by atoms with E-state index in [-0.39, 0.29) is 30.9 Å². The van der Waals surface area contributed by atoms with E-state index >= 15 is 0 Å². The van der Waals surface area contributed by atoms with Crippen LogP contribution in [0.5, 0.6) is 0 Å². The summed E-state index contributed by atoms with van der Waals surface area (Å²) in [5.74, 6) is 0.564. The summed E-state index contributed by atoms with van der Waals surface area (Å²) in [4.78, 5) is 4.44. The summed E-state index contributed by atoms with van der Waals surface area (Å²) in [6, 6.07) is 17.0. The third-order valence-corrected chi connectivity index (χ3v) is 3.88. The average molecular weight is 364 g/mol. The van der Waals surface area contributed by atoms with Gasteiger partial charge in [-0.1, -0.05) is 36.4 Å². The number of benzene rings is 2. The van der Waals surface area contributed by atoms with Gasteiger partial charge in [-0.25, -0.2) is 4.98 Å². The van der Waals surface area contributed by atoms with Crippen molar-refractivity contribution in [2.45, 2.75) is 26.3 Å². The van der Waals surface area contributed by atoms with E-state index in [1.807, 2.05) is 13.0 Å². The molecule has 1 aromatic heterocycles. The van der Waals surface area contributed by atoms with Crippen LogP contribution in [0.1, 0.15) is 18.1 Å². The molecule has 3 nitrogen and oxygen atoms in total. The second kappa shape index (κ2) is 8.34. The maximum Gasteiger partial charge on any atom is 0.124 e. The van der Waals surface area contributed by atoms with Crippen LogP contribution in [0.25, 0.3) is 22.0 Å². The molecule has 0 saturated carbocycles. The summed E-state index contributed by atoms with van der Waals surface area (Å²) >= 11 is 0. The molecule has 0 fully saturated rings. The van der Waals surface area contributed by atoms with Crippen LogP contribution in [0.3, 0.4) is 0 Å². The number of hydrogen-bond acceptors (Lipinski definition) is 3. The van der Waals surface area contributed by atoms with E-state index in [1.54, 1.807) is 0 Å². The van der Waals surface area contributed by atoms with Gasteiger partial charge in [-0.3, -0.25) is 0 Å². The zero-order chi connectivity index (χ0) is 15.7. The number of hydrogen-bond donors (Lipinski definition) is 2. The van der Waals surface area contributed by atoms with Crippen molar-refractivity contribution in [2.24, 2.45) is 5.73 Å². The monoisotopic (exact) mass is 363 g/mol. The number of fused-ring (bicyclic) bond motifs is 1. The average Bonchev–Trinajstić information content (AvgIpc) is 2.46. The molecule has 1 unspecified atom stereocenters. The maximum absolute atomic E-state index is 5.86. The molecule has 0 radical (unpaired) electrons. The fourth-order valence-corrected chi connectivity index (χ4v) is 2.81. The molecule has 5 heteroatoms. The van der Waals surface area contributed by atoms with Crippen LogP contribution in [0.2, 0.25) is 0 Å². The van der Waals surface area contributed by atoms with E-state index in [2.05, 4.69) is 54.4 Å². The summed E-state index contributed by atoms with van der Waals surface area (Å²) in [6.45, 7) is 4.08. The molecular weight excluding hydrogens is 341 g/mol. The van der Waals surface area contributed by atoms with Crippen molar-refractivity contribution in [1.82, 2.24) is 4.98 Å². The Morgan fingerprint density at radius 1 is 0.958 bits per heavy atom. The zero-order valence-corrected chi connectivity index (χ0v) is 15.5. The van der Waals surface area contributed by atoms with Crippen LogP contribution >= 0.6 is 24.8 Å². The van der Waals surface area contributed by atoms with Crippen molar-refractivity contribution in [2.75, 3.05) is 5.73 Å². The Kier molecular flexibility index (Phi) is 7.03. The van der Waals surface area contributed by atoms with E-state index in [1.165, 1.54) is 11.1 Å². The predicted molar refractivity (Wildman–Crippen MR) is 108 cm³/mol. The molecule has 0 spiro atoms. The molecule has 4 N–H and O–H groups in total. The first-order chi connectivity index (χ1) is 10.5. The van der Waals surface area contributed by atoms with Gasteiger partial charge in [-0.15, -0.1) is 24.8 Å². The van der Waals surface area contributed by atoms with Crippen LogP contribution in [0.4, 0.5) is 5.82 Å². The molecule has 0 amide bonds. The van der Waals surface area contributed by atoms with Gasteiger partial charge in [-0.05, 0) is 54.7 Å². The number of anilines is 1. The van der Waals surface area contributed by atoms with Gasteiger partial charge < -0.3 is 11.5 Å². The first kappa shape index (κ1) is 20.2. The lowest BCUT2D eigenvalue weighted by atomic mass is 9.99. The number of nitrogens with two attached hydrogens (primary N) is 2. The number of nitrogen functional groups attached to an aromatic ring is 1. The second-order valence-corrected chi connectivity index (χ2v) is 5.97. The van der Waals surface area contributed by atoms with Crippen molar-refractivity contribution >= 4 is 41.5 Å². The van der Waals surface area contributed by atoms with E-state index in [0.29, 0.717) is 5.82 Å². The molecule has 1 heterocycles. The van der Waals surface area contributed by atoms with Gasteiger partial charge >= 0.3 is 0 Å². The third kappa shape index (κ3) is 4.38. The molecule has 128 valence electrons. The number of aromatic nitrogens is 1. The number of nitrogens with zero attached hydrogens (tertiary/aromatic N) is 1. The number of aryl methyl sites for hydroxylation is 1. The molecule has 2 aromatic carbocycles. The summed E-state index contributed by atoms with van der Waals surface area (Å²) in [5, 5.41) is 1.14. The second-order valence-electron chi connectivity index (χ2n) is 5.97. The highest BCUT2D eigenvalue weighted by Crippen LogP contribution is 2.26. The van der Waals surface area contributed by atoms with Crippen molar-refractivity contribution < 1.29 is 0 Å². The maximum atomic E-state index is 5.86. The molecule has 0 bridgehead atoms. The lowest BCUT2D eigenvalue weighted by Gasteiger charge is -2.09. The Balaban J connectivity index is 0.00000144. The molecule has 0 saturated heterocycles. The third-order valence-electron chi connectivity index (χ3n) is 3.88. The molecule has 3 aromatic rings. The van der Waals surface area contributed by atoms with Gasteiger partial charge in [0.2, 0.25) is 0 Å². The van der Waals surface area contributed by atoms with Gasteiger partial charge in [0.25, 0.3) is 0 Å². The van der Waals surface area contributed by atoms with Crippen molar-refractivity contribution in [3.8, 4) is 11.1 Å². The highest BCUT2D eigenvalue weighted by Gasteiger charge is 2.05.